The summed E-state index contributed by atoms with van der Waals surface area (Å²) in [7, 11) is -1.82. The zero-order valence-electron chi connectivity index (χ0n) is 18.0. The lowest BCUT2D eigenvalue weighted by Crippen LogP contribution is -2.23. The lowest BCUT2D eigenvalue weighted by atomic mass is 10.1. The number of nitrogens with zero attached hydrogens (tertiary/aromatic N) is 2. The second-order valence-corrected chi connectivity index (χ2v) is 9.19. The maximum atomic E-state index is 12.3. The third kappa shape index (κ3) is 5.40. The van der Waals surface area contributed by atoms with Crippen molar-refractivity contribution < 1.29 is 18.3 Å². The van der Waals surface area contributed by atoms with Gasteiger partial charge in [-0.3, -0.25) is 4.79 Å². The lowest BCUT2D eigenvalue weighted by molar-refractivity contribution is 0.0963. The smallest absolute Gasteiger partial charge is 0.256 e. The number of hydrogen-bond acceptors (Lipinski definition) is 8. The molecule has 4 N–H and O–H groups in total. The van der Waals surface area contributed by atoms with Crippen molar-refractivity contribution in [1.29, 1.82) is 0 Å². The van der Waals surface area contributed by atoms with Gasteiger partial charge in [0.2, 0.25) is 5.95 Å². The van der Waals surface area contributed by atoms with Crippen LogP contribution in [0, 0.1) is 6.92 Å². The zero-order valence-corrected chi connectivity index (χ0v) is 18.8. The number of aliphatic hydroxyl groups is 1. The number of carbonyl (C=O) groups is 1. The molecule has 1 aromatic heterocycles. The van der Waals surface area contributed by atoms with E-state index in [1.54, 1.807) is 19.1 Å². The number of nitrogens with one attached hydrogen (secondary N) is 3. The number of benzene rings is 2. The summed E-state index contributed by atoms with van der Waals surface area (Å²) in [5.74, 6) is 0.0720. The predicted molar refractivity (Wildman–Crippen MR) is 123 cm³/mol. The topological polar surface area (TPSA) is 133 Å². The molecule has 3 aromatic rings. The van der Waals surface area contributed by atoms with Crippen molar-refractivity contribution in [2.75, 3.05) is 30.5 Å². The fraction of sp³-hybridized carbons (Fsp3) is 0.227. The third-order valence-corrected chi connectivity index (χ3v) is 6.04. The van der Waals surface area contributed by atoms with E-state index in [9.17, 15) is 18.3 Å². The van der Waals surface area contributed by atoms with Crippen LogP contribution in [0.4, 0.5) is 17.5 Å². The summed E-state index contributed by atoms with van der Waals surface area (Å²) >= 11 is 0. The maximum Gasteiger partial charge on any atom is 0.256 e. The Labute approximate surface area is 186 Å². The van der Waals surface area contributed by atoms with Crippen LogP contribution in [0.15, 0.2) is 59.6 Å². The van der Waals surface area contributed by atoms with E-state index in [0.717, 1.165) is 11.8 Å². The van der Waals surface area contributed by atoms with Gasteiger partial charge in [0.25, 0.3) is 5.91 Å². The minimum Gasteiger partial charge on any atom is -0.394 e. The molecule has 1 amide bonds. The SMILES string of the molecule is CNC(=O)c1cnc(Nc2ccc(S(C)(=O)=O)c(C)c2)nc1N[C@H](CO)c1ccccc1. The highest BCUT2D eigenvalue weighted by atomic mass is 32.2. The molecule has 2 aromatic carbocycles. The van der Waals surface area contributed by atoms with E-state index in [2.05, 4.69) is 25.9 Å². The fourth-order valence-electron chi connectivity index (χ4n) is 3.21. The third-order valence-electron chi connectivity index (χ3n) is 4.79. The second-order valence-electron chi connectivity index (χ2n) is 7.20. The van der Waals surface area contributed by atoms with E-state index < -0.39 is 15.9 Å². The number of amides is 1. The van der Waals surface area contributed by atoms with Crippen molar-refractivity contribution in [3.05, 3.63) is 71.4 Å². The summed E-state index contributed by atoms with van der Waals surface area (Å²) in [6.45, 7) is 1.49. The van der Waals surface area contributed by atoms with Crippen LogP contribution in [0.1, 0.15) is 27.5 Å². The lowest BCUT2D eigenvalue weighted by Gasteiger charge is -2.19. The van der Waals surface area contributed by atoms with Crippen LogP contribution in [0.25, 0.3) is 0 Å². The molecular weight excluding hydrogens is 430 g/mol. The summed E-state index contributed by atoms with van der Waals surface area (Å²) in [6.07, 6.45) is 2.54. The highest BCUT2D eigenvalue weighted by molar-refractivity contribution is 7.90. The van der Waals surface area contributed by atoms with Gasteiger partial charge in [-0.2, -0.15) is 4.98 Å². The van der Waals surface area contributed by atoms with Gasteiger partial charge in [-0.15, -0.1) is 0 Å². The standard InChI is InChI=1S/C22H25N5O4S/c1-14-11-16(9-10-19(14)32(3,30)31)25-22-24-12-17(21(29)23-2)20(27-22)26-18(13-28)15-7-5-4-6-8-15/h4-12,18,28H,13H2,1-3H3,(H,23,29)(H2,24,25,26,27)/t18-/m1/s1. The Kier molecular flexibility index (Phi) is 7.06. The van der Waals surface area contributed by atoms with Gasteiger partial charge in [0.15, 0.2) is 9.84 Å². The molecule has 10 heteroatoms. The van der Waals surface area contributed by atoms with Gasteiger partial charge in [-0.1, -0.05) is 30.3 Å². The Morgan fingerprint density at radius 3 is 2.47 bits per heavy atom. The normalized spacial score (nSPS) is 12.1. The number of aliphatic hydroxyl groups excluding tert-OH is 1. The van der Waals surface area contributed by atoms with Crippen LogP contribution < -0.4 is 16.0 Å². The van der Waals surface area contributed by atoms with Gasteiger partial charge in [0.1, 0.15) is 11.4 Å². The van der Waals surface area contributed by atoms with Crippen LogP contribution in [0.5, 0.6) is 0 Å². The molecule has 0 unspecified atom stereocenters. The minimum atomic E-state index is -3.33. The summed E-state index contributed by atoms with van der Waals surface area (Å²) in [5, 5.41) is 18.6. The predicted octanol–water partition coefficient (Wildman–Crippen LogP) is 2.44. The summed E-state index contributed by atoms with van der Waals surface area (Å²) < 4.78 is 23.7. The van der Waals surface area contributed by atoms with Gasteiger partial charge in [0.05, 0.1) is 17.5 Å². The van der Waals surface area contributed by atoms with Crippen LogP contribution in [-0.2, 0) is 9.84 Å². The van der Waals surface area contributed by atoms with Crippen molar-refractivity contribution in [3.8, 4) is 0 Å². The van der Waals surface area contributed by atoms with Gasteiger partial charge < -0.3 is 21.1 Å². The van der Waals surface area contributed by atoms with Crippen molar-refractivity contribution in [1.82, 2.24) is 15.3 Å². The molecule has 0 aliphatic rings. The first-order valence-electron chi connectivity index (χ1n) is 9.82. The molecule has 1 heterocycles. The molecule has 0 aliphatic carbocycles. The quantitative estimate of drug-likeness (QED) is 0.407. The molecule has 9 nitrogen and oxygen atoms in total. The van der Waals surface area contributed by atoms with Gasteiger partial charge in [-0.25, -0.2) is 13.4 Å². The number of aryl methyl sites for hydroxylation is 1. The van der Waals surface area contributed by atoms with E-state index in [-0.39, 0.29) is 34.7 Å². The largest absolute Gasteiger partial charge is 0.394 e. The molecule has 0 spiro atoms. The molecule has 0 saturated heterocycles. The fourth-order valence-corrected chi connectivity index (χ4v) is 4.17. The van der Waals surface area contributed by atoms with Crippen LogP contribution in [0.2, 0.25) is 0 Å². The van der Waals surface area contributed by atoms with Crippen molar-refractivity contribution >= 4 is 33.2 Å². The van der Waals surface area contributed by atoms with E-state index >= 15 is 0 Å². The molecule has 0 bridgehead atoms. The highest BCUT2D eigenvalue weighted by Crippen LogP contribution is 2.25. The van der Waals surface area contributed by atoms with Crippen molar-refractivity contribution in [2.24, 2.45) is 0 Å². The molecule has 0 radical (unpaired) electrons. The number of hydrogen-bond donors (Lipinski definition) is 4. The molecular formula is C22H25N5O4S. The number of sulfone groups is 1. The van der Waals surface area contributed by atoms with Gasteiger partial charge in [-0.05, 0) is 36.2 Å². The van der Waals surface area contributed by atoms with Crippen LogP contribution >= 0.6 is 0 Å². The Hall–Kier alpha value is -3.50. The molecule has 0 saturated carbocycles. The maximum absolute atomic E-state index is 12.3. The molecule has 3 rings (SSSR count). The van der Waals surface area contributed by atoms with E-state index in [1.165, 1.54) is 19.3 Å². The zero-order chi connectivity index (χ0) is 23.3. The molecule has 1 atom stereocenters. The molecule has 168 valence electrons. The number of aromatic nitrogens is 2. The van der Waals surface area contributed by atoms with Crippen LogP contribution in [0.3, 0.4) is 0 Å². The first kappa shape index (κ1) is 23.2. The Morgan fingerprint density at radius 2 is 1.88 bits per heavy atom. The first-order valence-corrected chi connectivity index (χ1v) is 11.7. The summed E-state index contributed by atoms with van der Waals surface area (Å²) in [4.78, 5) is 21.2. The average molecular weight is 456 g/mol. The summed E-state index contributed by atoms with van der Waals surface area (Å²) in [6, 6.07) is 13.6. The van der Waals surface area contributed by atoms with E-state index in [1.807, 2.05) is 30.3 Å². The molecule has 32 heavy (non-hydrogen) atoms. The Bertz CT molecular complexity index is 1220. The van der Waals surface area contributed by atoms with Crippen LogP contribution in [-0.4, -0.2) is 49.3 Å². The Balaban J connectivity index is 1.93. The van der Waals surface area contributed by atoms with E-state index in [0.29, 0.717) is 11.3 Å². The van der Waals surface area contributed by atoms with Gasteiger partial charge >= 0.3 is 0 Å². The van der Waals surface area contributed by atoms with Gasteiger partial charge in [0, 0.05) is 25.2 Å². The minimum absolute atomic E-state index is 0.205. The second kappa shape index (κ2) is 9.75. The average Bonchev–Trinajstić information content (AvgIpc) is 2.77. The number of anilines is 3. The Morgan fingerprint density at radius 1 is 1.16 bits per heavy atom. The highest BCUT2D eigenvalue weighted by Gasteiger charge is 2.19. The van der Waals surface area contributed by atoms with Crippen molar-refractivity contribution in [3.63, 3.8) is 0 Å². The van der Waals surface area contributed by atoms with Crippen molar-refractivity contribution in [2.45, 2.75) is 17.9 Å². The number of carbonyl (C=O) groups excluding carboxylic acids is 1. The molecule has 0 fully saturated rings. The monoisotopic (exact) mass is 455 g/mol. The van der Waals surface area contributed by atoms with E-state index in [4.69, 9.17) is 0 Å². The molecule has 0 aliphatic heterocycles. The first-order chi connectivity index (χ1) is 15.2. The number of rotatable bonds is 8. The summed E-state index contributed by atoms with van der Waals surface area (Å²) in [5.41, 5.74) is 2.23.